The fourth-order valence-corrected chi connectivity index (χ4v) is 1.06. The average molecular weight is 187 g/mol. The first kappa shape index (κ1) is 9.29. The Morgan fingerprint density at radius 3 is 2.42 bits per heavy atom. The van der Waals surface area contributed by atoms with Gasteiger partial charge in [0, 0.05) is 10.1 Å². The molecule has 0 radical (unpaired) electrons. The molecule has 12 heavy (non-hydrogen) atoms. The van der Waals surface area contributed by atoms with Crippen molar-refractivity contribution in [3.05, 3.63) is 35.9 Å². The highest BCUT2D eigenvalue weighted by Crippen LogP contribution is 2.25. The zero-order valence-electron chi connectivity index (χ0n) is 6.12. The topological polar surface area (TPSA) is 66.8 Å². The van der Waals surface area contributed by atoms with E-state index in [1.165, 1.54) is 0 Å². The van der Waals surface area contributed by atoms with Gasteiger partial charge in [-0.1, -0.05) is 34.9 Å². The molecule has 0 saturated heterocycles. The van der Waals surface area contributed by atoms with E-state index in [0.29, 0.717) is 5.56 Å². The van der Waals surface area contributed by atoms with Crippen LogP contribution in [-0.2, 0) is 9.09 Å². The van der Waals surface area contributed by atoms with Gasteiger partial charge in [0.2, 0.25) is 6.29 Å². The van der Waals surface area contributed by atoms with Crippen LogP contribution in [0.15, 0.2) is 30.3 Å². The maximum Gasteiger partial charge on any atom is 0.697 e. The van der Waals surface area contributed by atoms with E-state index in [0.717, 1.165) is 0 Å². The number of benzene rings is 1. The third-order valence-electron chi connectivity index (χ3n) is 1.27. The second-order valence-electron chi connectivity index (χ2n) is 2.11. The minimum absolute atomic E-state index is 0.454. The van der Waals surface area contributed by atoms with Gasteiger partial charge in [-0.2, -0.15) is 0 Å². The Labute approximate surface area is 70.4 Å². The van der Waals surface area contributed by atoms with E-state index in [1.807, 2.05) is 0 Å². The van der Waals surface area contributed by atoms with Crippen LogP contribution in [0.3, 0.4) is 0 Å². The fourth-order valence-electron chi connectivity index (χ4n) is 0.764. The van der Waals surface area contributed by atoms with E-state index in [9.17, 15) is 4.57 Å². The normalized spacial score (nSPS) is 14.0. The largest absolute Gasteiger partial charge is 0.697 e. The highest BCUT2D eigenvalue weighted by molar-refractivity contribution is 7.32. The van der Waals surface area contributed by atoms with Crippen LogP contribution >= 0.6 is 8.25 Å². The number of aliphatic hydroxyl groups excluding tert-OH is 1. The highest BCUT2D eigenvalue weighted by atomic mass is 31.1. The molecule has 5 heteroatoms. The molecule has 0 aromatic heterocycles. The fraction of sp³-hybridized carbons (Fsp3) is 0.143. The van der Waals surface area contributed by atoms with E-state index >= 15 is 0 Å². The van der Waals surface area contributed by atoms with Gasteiger partial charge in [0.1, 0.15) is 0 Å². The second kappa shape index (κ2) is 4.28. The van der Waals surface area contributed by atoms with Crippen molar-refractivity contribution >= 4 is 8.25 Å². The molecule has 0 aliphatic heterocycles. The Kier molecular flexibility index (Phi) is 3.31. The highest BCUT2D eigenvalue weighted by Gasteiger charge is 2.21. The molecule has 2 atom stereocenters. The molecule has 0 aliphatic rings. The van der Waals surface area contributed by atoms with Crippen molar-refractivity contribution in [1.82, 2.24) is 0 Å². The third-order valence-corrected chi connectivity index (χ3v) is 1.65. The summed E-state index contributed by atoms with van der Waals surface area (Å²) in [4.78, 5) is 8.31. The molecule has 0 saturated carbocycles. The van der Waals surface area contributed by atoms with Crippen molar-refractivity contribution in [2.45, 2.75) is 6.29 Å². The summed E-state index contributed by atoms with van der Waals surface area (Å²) < 4.78 is 14.4. The maximum absolute atomic E-state index is 10.1. The Bertz CT molecular complexity index is 261. The standard InChI is InChI=1S/C7H7O4P/c8-7(11-12(9)10)6-4-2-1-3-5-6/h1-5,7-8H/p+1/t7-/m0/s1. The molecule has 1 aromatic carbocycles. The summed E-state index contributed by atoms with van der Waals surface area (Å²) in [5.41, 5.74) is 0.454. The van der Waals surface area contributed by atoms with E-state index in [1.54, 1.807) is 30.3 Å². The molecule has 1 unspecified atom stereocenters. The molecule has 0 bridgehead atoms. The summed E-state index contributed by atoms with van der Waals surface area (Å²) in [7, 11) is -2.76. The molecule has 0 heterocycles. The molecule has 0 fully saturated rings. The minimum Gasteiger partial charge on any atom is -0.361 e. The number of rotatable bonds is 3. The van der Waals surface area contributed by atoms with Crippen molar-refractivity contribution < 1.29 is 19.1 Å². The van der Waals surface area contributed by atoms with E-state index in [4.69, 9.17) is 10.00 Å². The molecule has 0 spiro atoms. The molecular weight excluding hydrogens is 179 g/mol. The van der Waals surface area contributed by atoms with Crippen molar-refractivity contribution in [1.29, 1.82) is 0 Å². The first-order valence-electron chi connectivity index (χ1n) is 3.26. The second-order valence-corrected chi connectivity index (χ2v) is 2.79. The predicted molar refractivity (Wildman–Crippen MR) is 42.3 cm³/mol. The van der Waals surface area contributed by atoms with Crippen LogP contribution < -0.4 is 0 Å². The summed E-state index contributed by atoms with van der Waals surface area (Å²) in [6.07, 6.45) is -1.33. The van der Waals surface area contributed by atoms with E-state index in [2.05, 4.69) is 4.52 Å². The van der Waals surface area contributed by atoms with Crippen molar-refractivity contribution in [3.63, 3.8) is 0 Å². The van der Waals surface area contributed by atoms with E-state index < -0.39 is 14.5 Å². The molecule has 64 valence electrons. The Hall–Kier alpha value is -0.800. The summed E-state index contributed by atoms with van der Waals surface area (Å²) in [6, 6.07) is 8.38. The van der Waals surface area contributed by atoms with Crippen LogP contribution in [0.5, 0.6) is 0 Å². The Balaban J connectivity index is 2.65. The molecule has 0 aliphatic carbocycles. The van der Waals surface area contributed by atoms with Gasteiger partial charge in [-0.25, -0.2) is 0 Å². The Morgan fingerprint density at radius 1 is 1.33 bits per heavy atom. The van der Waals surface area contributed by atoms with Crippen molar-refractivity contribution in [2.24, 2.45) is 0 Å². The van der Waals surface area contributed by atoms with E-state index in [-0.39, 0.29) is 0 Å². The van der Waals surface area contributed by atoms with Crippen LogP contribution in [0.2, 0.25) is 0 Å². The van der Waals surface area contributed by atoms with Crippen LogP contribution in [0.25, 0.3) is 0 Å². The molecule has 1 rings (SSSR count). The number of hydrogen-bond donors (Lipinski definition) is 2. The van der Waals surface area contributed by atoms with Crippen LogP contribution in [0.4, 0.5) is 0 Å². The molecule has 0 amide bonds. The van der Waals surface area contributed by atoms with Gasteiger partial charge in [0.25, 0.3) is 0 Å². The zero-order valence-corrected chi connectivity index (χ0v) is 7.02. The Morgan fingerprint density at radius 2 is 1.92 bits per heavy atom. The molecule has 1 aromatic rings. The first-order chi connectivity index (χ1) is 5.70. The van der Waals surface area contributed by atoms with Crippen LogP contribution in [0, 0.1) is 0 Å². The first-order valence-corrected chi connectivity index (χ1v) is 4.39. The summed E-state index contributed by atoms with van der Waals surface area (Å²) in [5, 5.41) is 9.12. The predicted octanol–water partition coefficient (Wildman–Crippen LogP) is 1.34. The lowest BCUT2D eigenvalue weighted by Gasteiger charge is -2.01. The van der Waals surface area contributed by atoms with Gasteiger partial charge in [0.15, 0.2) is 0 Å². The maximum atomic E-state index is 10.1. The monoisotopic (exact) mass is 187 g/mol. The lowest BCUT2D eigenvalue weighted by Crippen LogP contribution is -1.96. The lowest BCUT2D eigenvalue weighted by atomic mass is 10.2. The third kappa shape index (κ3) is 2.68. The number of hydrogen-bond acceptors (Lipinski definition) is 3. The molecule has 2 N–H and O–H groups in total. The summed E-state index contributed by atoms with van der Waals surface area (Å²) >= 11 is 0. The average Bonchev–Trinajstić information content (AvgIpc) is 2.05. The minimum atomic E-state index is -2.76. The van der Waals surface area contributed by atoms with Gasteiger partial charge in [0.05, 0.1) is 0 Å². The molecule has 4 nitrogen and oxygen atoms in total. The van der Waals surface area contributed by atoms with Crippen molar-refractivity contribution in [2.75, 3.05) is 0 Å². The zero-order chi connectivity index (χ0) is 8.97. The smallest absolute Gasteiger partial charge is 0.361 e. The quantitative estimate of drug-likeness (QED) is 0.553. The van der Waals surface area contributed by atoms with Gasteiger partial charge in [-0.15, -0.1) is 4.89 Å². The van der Waals surface area contributed by atoms with Gasteiger partial charge in [-0.05, 0) is 0 Å². The SMILES string of the molecule is O=[P+](O)O[C@H](O)c1ccccc1. The van der Waals surface area contributed by atoms with Gasteiger partial charge in [-0.3, -0.25) is 0 Å². The lowest BCUT2D eigenvalue weighted by molar-refractivity contribution is -0.0207. The van der Waals surface area contributed by atoms with Crippen LogP contribution in [-0.4, -0.2) is 10.00 Å². The van der Waals surface area contributed by atoms with Crippen LogP contribution in [0.1, 0.15) is 11.9 Å². The van der Waals surface area contributed by atoms with Gasteiger partial charge >= 0.3 is 8.25 Å². The summed E-state index contributed by atoms with van der Waals surface area (Å²) in [5.74, 6) is 0. The summed E-state index contributed by atoms with van der Waals surface area (Å²) in [6.45, 7) is 0. The van der Waals surface area contributed by atoms with Crippen molar-refractivity contribution in [3.8, 4) is 0 Å². The molecular formula is C7H8O4P+. The number of aliphatic hydroxyl groups is 1. The van der Waals surface area contributed by atoms with Gasteiger partial charge < -0.3 is 5.11 Å².